The number of hydrogen-bond acceptors (Lipinski definition) is 1. The van der Waals surface area contributed by atoms with Crippen molar-refractivity contribution in [1.29, 1.82) is 0 Å². The highest BCUT2D eigenvalue weighted by Crippen LogP contribution is 2.30. The summed E-state index contributed by atoms with van der Waals surface area (Å²) >= 11 is 0. The average molecular weight is 229 g/mol. The van der Waals surface area contributed by atoms with E-state index in [1.807, 2.05) is 0 Å². The van der Waals surface area contributed by atoms with Gasteiger partial charge in [0.2, 0.25) is 0 Å². The number of nitrogens with one attached hydrogen (secondary N) is 1. The molecule has 0 aliphatic heterocycles. The number of hydrogen-bond donors (Lipinski definition) is 1. The van der Waals surface area contributed by atoms with E-state index in [4.69, 9.17) is 0 Å². The first-order chi connectivity index (χ1) is 8.35. The Bertz CT molecular complexity index is 360. The third-order valence-electron chi connectivity index (χ3n) is 4.64. The molecule has 2 unspecified atom stereocenters. The molecule has 2 aliphatic carbocycles. The second-order valence-electron chi connectivity index (χ2n) is 5.82. The lowest BCUT2D eigenvalue weighted by Gasteiger charge is -2.18. The Morgan fingerprint density at radius 3 is 2.35 bits per heavy atom. The minimum atomic E-state index is 0.702. The number of benzene rings is 1. The van der Waals surface area contributed by atoms with Gasteiger partial charge in [-0.15, -0.1) is 0 Å². The molecule has 1 nitrogen and oxygen atoms in total. The second kappa shape index (κ2) is 4.81. The molecule has 2 aliphatic rings. The predicted molar refractivity (Wildman–Crippen MR) is 72.2 cm³/mol. The van der Waals surface area contributed by atoms with Gasteiger partial charge in [0.05, 0.1) is 0 Å². The Kier molecular flexibility index (Phi) is 3.19. The molecule has 1 aromatic rings. The summed E-state index contributed by atoms with van der Waals surface area (Å²) in [7, 11) is 0. The van der Waals surface area contributed by atoms with Crippen LogP contribution in [-0.2, 0) is 12.8 Å². The minimum absolute atomic E-state index is 0.702. The van der Waals surface area contributed by atoms with E-state index in [0.717, 1.165) is 12.0 Å². The third kappa shape index (κ3) is 2.40. The standard InChI is InChI=1S/C16H23N/c1-2-12-7-8-15(9-12)17-16-10-13-5-3-4-6-14(13)11-16/h3-6,12,15-17H,2,7-11H2,1H3. The van der Waals surface area contributed by atoms with Crippen molar-refractivity contribution in [3.8, 4) is 0 Å². The molecule has 1 fully saturated rings. The van der Waals surface area contributed by atoms with Gasteiger partial charge in [-0.05, 0) is 49.1 Å². The molecule has 1 N–H and O–H groups in total. The monoisotopic (exact) mass is 229 g/mol. The van der Waals surface area contributed by atoms with Gasteiger partial charge < -0.3 is 5.32 Å². The van der Waals surface area contributed by atoms with Crippen molar-refractivity contribution in [2.45, 2.75) is 57.5 Å². The van der Waals surface area contributed by atoms with Gasteiger partial charge in [-0.25, -0.2) is 0 Å². The van der Waals surface area contributed by atoms with Crippen LogP contribution in [0.15, 0.2) is 24.3 Å². The van der Waals surface area contributed by atoms with Crippen molar-refractivity contribution in [3.05, 3.63) is 35.4 Å². The Hall–Kier alpha value is -0.820. The summed E-state index contributed by atoms with van der Waals surface area (Å²) in [6.45, 7) is 2.33. The molecule has 1 aromatic carbocycles. The van der Waals surface area contributed by atoms with E-state index >= 15 is 0 Å². The highest BCUT2D eigenvalue weighted by Gasteiger charge is 2.28. The number of rotatable bonds is 3. The first-order valence-electron chi connectivity index (χ1n) is 7.18. The summed E-state index contributed by atoms with van der Waals surface area (Å²) in [6, 6.07) is 10.4. The van der Waals surface area contributed by atoms with Crippen LogP contribution in [0, 0.1) is 5.92 Å². The van der Waals surface area contributed by atoms with Crippen LogP contribution in [0.25, 0.3) is 0 Å². The number of fused-ring (bicyclic) bond motifs is 1. The molecule has 0 amide bonds. The smallest absolute Gasteiger partial charge is 0.0151 e. The molecule has 1 saturated carbocycles. The van der Waals surface area contributed by atoms with Crippen LogP contribution >= 0.6 is 0 Å². The normalized spacial score (nSPS) is 28.5. The van der Waals surface area contributed by atoms with Crippen LogP contribution in [0.1, 0.15) is 43.7 Å². The van der Waals surface area contributed by atoms with Crippen LogP contribution in [0.3, 0.4) is 0 Å². The van der Waals surface area contributed by atoms with Crippen LogP contribution in [0.2, 0.25) is 0 Å². The molecule has 2 atom stereocenters. The van der Waals surface area contributed by atoms with Gasteiger partial charge in [0.25, 0.3) is 0 Å². The van der Waals surface area contributed by atoms with Crippen molar-refractivity contribution in [2.75, 3.05) is 0 Å². The van der Waals surface area contributed by atoms with E-state index in [0.29, 0.717) is 6.04 Å². The van der Waals surface area contributed by atoms with Gasteiger partial charge in [0.1, 0.15) is 0 Å². The third-order valence-corrected chi connectivity index (χ3v) is 4.64. The lowest BCUT2D eigenvalue weighted by atomic mass is 10.1. The van der Waals surface area contributed by atoms with Crippen molar-refractivity contribution >= 4 is 0 Å². The van der Waals surface area contributed by atoms with Gasteiger partial charge in [-0.3, -0.25) is 0 Å². The Morgan fingerprint density at radius 1 is 1.06 bits per heavy atom. The molecular formula is C16H23N. The highest BCUT2D eigenvalue weighted by atomic mass is 15.0. The van der Waals surface area contributed by atoms with Crippen LogP contribution < -0.4 is 5.32 Å². The maximum absolute atomic E-state index is 3.89. The Balaban J connectivity index is 1.56. The molecule has 0 heterocycles. The predicted octanol–water partition coefficient (Wildman–Crippen LogP) is 3.32. The zero-order chi connectivity index (χ0) is 11.7. The van der Waals surface area contributed by atoms with Gasteiger partial charge in [-0.1, -0.05) is 37.6 Å². The van der Waals surface area contributed by atoms with E-state index in [1.54, 1.807) is 11.1 Å². The molecule has 0 aromatic heterocycles. The van der Waals surface area contributed by atoms with E-state index < -0.39 is 0 Å². The van der Waals surface area contributed by atoms with E-state index in [9.17, 15) is 0 Å². The van der Waals surface area contributed by atoms with Gasteiger partial charge in [0.15, 0.2) is 0 Å². The topological polar surface area (TPSA) is 12.0 Å². The van der Waals surface area contributed by atoms with E-state index in [2.05, 4.69) is 36.5 Å². The summed E-state index contributed by atoms with van der Waals surface area (Å²) in [5.41, 5.74) is 3.13. The van der Waals surface area contributed by atoms with Crippen molar-refractivity contribution in [1.82, 2.24) is 5.32 Å². The molecular weight excluding hydrogens is 206 g/mol. The van der Waals surface area contributed by atoms with Crippen molar-refractivity contribution < 1.29 is 0 Å². The van der Waals surface area contributed by atoms with E-state index in [1.165, 1.54) is 38.5 Å². The average Bonchev–Trinajstić information content (AvgIpc) is 2.94. The molecule has 92 valence electrons. The molecule has 0 radical (unpaired) electrons. The summed E-state index contributed by atoms with van der Waals surface area (Å²) in [4.78, 5) is 0. The largest absolute Gasteiger partial charge is 0.311 e. The van der Waals surface area contributed by atoms with Gasteiger partial charge in [0, 0.05) is 12.1 Å². The van der Waals surface area contributed by atoms with Gasteiger partial charge in [-0.2, -0.15) is 0 Å². The Morgan fingerprint density at radius 2 is 1.76 bits per heavy atom. The zero-order valence-electron chi connectivity index (χ0n) is 10.8. The molecule has 3 rings (SSSR count). The zero-order valence-corrected chi connectivity index (χ0v) is 10.8. The second-order valence-corrected chi connectivity index (χ2v) is 5.82. The molecule has 0 spiro atoms. The van der Waals surface area contributed by atoms with E-state index in [-0.39, 0.29) is 0 Å². The highest BCUT2D eigenvalue weighted by molar-refractivity contribution is 5.33. The maximum atomic E-state index is 3.89. The molecule has 1 heteroatoms. The quantitative estimate of drug-likeness (QED) is 0.838. The van der Waals surface area contributed by atoms with Crippen molar-refractivity contribution in [2.24, 2.45) is 5.92 Å². The fraction of sp³-hybridized carbons (Fsp3) is 0.625. The lowest BCUT2D eigenvalue weighted by molar-refractivity contribution is 0.422. The summed E-state index contributed by atoms with van der Waals surface area (Å²) in [5, 5.41) is 3.89. The van der Waals surface area contributed by atoms with Crippen LogP contribution in [0.5, 0.6) is 0 Å². The summed E-state index contributed by atoms with van der Waals surface area (Å²) in [5.74, 6) is 0.983. The SMILES string of the molecule is CCC1CCC(NC2Cc3ccccc3C2)C1. The first kappa shape index (κ1) is 11.3. The Labute approximate surface area is 105 Å². The summed E-state index contributed by atoms with van der Waals surface area (Å²) in [6.07, 6.45) is 8.08. The molecule has 0 bridgehead atoms. The van der Waals surface area contributed by atoms with Crippen molar-refractivity contribution in [3.63, 3.8) is 0 Å². The molecule has 0 saturated heterocycles. The van der Waals surface area contributed by atoms with Gasteiger partial charge >= 0.3 is 0 Å². The van der Waals surface area contributed by atoms with Crippen LogP contribution in [-0.4, -0.2) is 12.1 Å². The van der Waals surface area contributed by atoms with Crippen LogP contribution in [0.4, 0.5) is 0 Å². The summed E-state index contributed by atoms with van der Waals surface area (Å²) < 4.78 is 0. The fourth-order valence-electron chi connectivity index (χ4n) is 3.61. The first-order valence-corrected chi connectivity index (χ1v) is 7.18. The lowest BCUT2D eigenvalue weighted by Crippen LogP contribution is -2.37. The maximum Gasteiger partial charge on any atom is 0.0151 e. The minimum Gasteiger partial charge on any atom is -0.311 e. The fourth-order valence-corrected chi connectivity index (χ4v) is 3.61. The molecule has 17 heavy (non-hydrogen) atoms.